The standard InChI is InChI=1S/C21H32N6O5Si/c1-19(2,3)21(29)12(30-9-7-8-22)16(31-13(21)17(33)32-20(4,5)6)27-10-24-11-14(27)25-18(23)26-15(11)28/h10,12-13,16,29H,7,9,33H2,1-6H3,(H3,23,25,26,28)/t12-,13+,16+,21-/m0/s1. The average Bonchev–Trinajstić information content (AvgIpc) is 3.20. The molecule has 0 amide bonds. The van der Waals surface area contributed by atoms with Gasteiger partial charge in [0.05, 0.1) is 36.4 Å². The first-order chi connectivity index (χ1) is 15.2. The van der Waals surface area contributed by atoms with Crippen molar-refractivity contribution in [1.29, 1.82) is 5.26 Å². The van der Waals surface area contributed by atoms with Crippen LogP contribution in [0.1, 0.15) is 54.2 Å². The van der Waals surface area contributed by atoms with Crippen LogP contribution in [0.4, 0.5) is 5.95 Å². The molecule has 3 rings (SSSR count). The van der Waals surface area contributed by atoms with Crippen LogP contribution in [-0.2, 0) is 14.2 Å². The van der Waals surface area contributed by atoms with E-state index in [0.29, 0.717) is 5.35 Å². The van der Waals surface area contributed by atoms with Gasteiger partial charge in [0.1, 0.15) is 17.8 Å². The van der Waals surface area contributed by atoms with E-state index in [-0.39, 0.29) is 30.1 Å². The van der Waals surface area contributed by atoms with Crippen molar-refractivity contribution in [2.24, 2.45) is 5.41 Å². The van der Waals surface area contributed by atoms with Crippen molar-refractivity contribution in [3.05, 3.63) is 16.7 Å². The molecule has 0 radical (unpaired) electrons. The van der Waals surface area contributed by atoms with Crippen LogP contribution in [0, 0.1) is 16.7 Å². The lowest BCUT2D eigenvalue weighted by Gasteiger charge is -2.44. The molecule has 1 aliphatic rings. The summed E-state index contributed by atoms with van der Waals surface area (Å²) < 4.78 is 20.1. The number of H-pyrrole nitrogens is 1. The van der Waals surface area contributed by atoms with Crippen LogP contribution in [0.25, 0.3) is 11.2 Å². The number of nitrogen functional groups attached to an aromatic ring is 1. The summed E-state index contributed by atoms with van der Waals surface area (Å²) in [6, 6.07) is 2.05. The predicted molar refractivity (Wildman–Crippen MR) is 125 cm³/mol. The van der Waals surface area contributed by atoms with Crippen molar-refractivity contribution >= 4 is 32.3 Å². The molecule has 12 heteroatoms. The fourth-order valence-corrected chi connectivity index (χ4v) is 4.89. The lowest BCUT2D eigenvalue weighted by atomic mass is 9.70. The summed E-state index contributed by atoms with van der Waals surface area (Å²) in [4.78, 5) is 23.1. The molecule has 33 heavy (non-hydrogen) atoms. The number of nitrogens with two attached hydrogens (primary N) is 1. The van der Waals surface area contributed by atoms with Gasteiger partial charge in [0, 0.05) is 9.85 Å². The van der Waals surface area contributed by atoms with E-state index in [0.717, 1.165) is 0 Å². The summed E-state index contributed by atoms with van der Waals surface area (Å²) in [7, 11) is 1.50. The number of ether oxygens (including phenoxy) is 3. The van der Waals surface area contributed by atoms with E-state index >= 15 is 0 Å². The van der Waals surface area contributed by atoms with Crippen LogP contribution in [0.3, 0.4) is 0 Å². The van der Waals surface area contributed by atoms with Crippen molar-refractivity contribution in [1.82, 2.24) is 19.5 Å². The quantitative estimate of drug-likeness (QED) is 0.392. The molecule has 4 atom stereocenters. The van der Waals surface area contributed by atoms with E-state index < -0.39 is 40.6 Å². The van der Waals surface area contributed by atoms with Crippen LogP contribution < -0.4 is 11.3 Å². The molecule has 2 aromatic heterocycles. The number of rotatable bonds is 6. The third kappa shape index (κ3) is 4.59. The van der Waals surface area contributed by atoms with Crippen molar-refractivity contribution < 1.29 is 19.3 Å². The summed E-state index contributed by atoms with van der Waals surface area (Å²) in [5.41, 5.74) is 2.76. The fraction of sp³-hybridized carbons (Fsp3) is 0.667. The van der Waals surface area contributed by atoms with Gasteiger partial charge >= 0.3 is 0 Å². The minimum atomic E-state index is -1.56. The second kappa shape index (κ2) is 8.64. The first kappa shape index (κ1) is 25.0. The van der Waals surface area contributed by atoms with Crippen LogP contribution in [0.2, 0.25) is 0 Å². The van der Waals surface area contributed by atoms with E-state index in [2.05, 4.69) is 15.0 Å². The molecule has 2 aromatic rings. The molecule has 3 heterocycles. The van der Waals surface area contributed by atoms with Gasteiger partial charge in [-0.1, -0.05) is 20.8 Å². The summed E-state index contributed by atoms with van der Waals surface area (Å²) in [5, 5.41) is 21.7. The molecule has 180 valence electrons. The molecule has 4 N–H and O–H groups in total. The number of aliphatic hydroxyl groups is 1. The molecule has 0 spiro atoms. The predicted octanol–water partition coefficient (Wildman–Crippen LogP) is 0.253. The molecular weight excluding hydrogens is 444 g/mol. The SMILES string of the molecule is CC(C)(C)OC(=[SiH2])[C@H]1O[C@@H](n2cnc3c(=O)[nH]c(N)nc32)[C@H](OCCC#N)[C@@]1(O)C(C)(C)C. The molecule has 1 aliphatic heterocycles. The Morgan fingerprint density at radius 1 is 1.42 bits per heavy atom. The molecular formula is C21H32N6O5Si. The number of anilines is 1. The largest absolute Gasteiger partial charge is 0.496 e. The number of imidazole rings is 1. The Balaban J connectivity index is 2.17. The lowest BCUT2D eigenvalue weighted by molar-refractivity contribution is -0.156. The van der Waals surface area contributed by atoms with Gasteiger partial charge in [0.15, 0.2) is 17.4 Å². The maximum atomic E-state index is 12.3. The first-order valence-electron chi connectivity index (χ1n) is 10.7. The van der Waals surface area contributed by atoms with E-state index in [4.69, 9.17) is 25.2 Å². The third-order valence-electron chi connectivity index (χ3n) is 5.54. The van der Waals surface area contributed by atoms with Gasteiger partial charge in [-0.15, -0.1) is 0 Å². The zero-order valence-corrected chi connectivity index (χ0v) is 21.3. The van der Waals surface area contributed by atoms with E-state index in [1.807, 2.05) is 47.6 Å². The second-order valence-corrected chi connectivity index (χ2v) is 10.8. The number of hydrogen-bond acceptors (Lipinski definition) is 9. The minimum Gasteiger partial charge on any atom is -0.496 e. The van der Waals surface area contributed by atoms with Crippen LogP contribution >= 0.6 is 0 Å². The average molecular weight is 477 g/mol. The van der Waals surface area contributed by atoms with Crippen molar-refractivity contribution in [2.45, 2.75) is 77.6 Å². The Morgan fingerprint density at radius 3 is 2.67 bits per heavy atom. The molecule has 0 aliphatic carbocycles. The van der Waals surface area contributed by atoms with E-state index in [1.54, 1.807) is 0 Å². The van der Waals surface area contributed by atoms with Crippen molar-refractivity contribution in [2.75, 3.05) is 12.3 Å². The lowest BCUT2D eigenvalue weighted by Crippen LogP contribution is -2.60. The number of hydrogen-bond donors (Lipinski definition) is 3. The van der Waals surface area contributed by atoms with Gasteiger partial charge in [-0.05, 0) is 26.2 Å². The van der Waals surface area contributed by atoms with Gasteiger partial charge in [0.25, 0.3) is 5.56 Å². The van der Waals surface area contributed by atoms with Crippen LogP contribution in [-0.4, -0.2) is 69.9 Å². The maximum Gasteiger partial charge on any atom is 0.280 e. The topological polar surface area (TPSA) is 161 Å². The number of nitrogens with one attached hydrogen (secondary N) is 1. The molecule has 0 saturated carbocycles. The number of fused-ring (bicyclic) bond motifs is 1. The minimum absolute atomic E-state index is 0.0721. The molecule has 0 unspecified atom stereocenters. The second-order valence-electron chi connectivity index (χ2n) is 10.1. The van der Waals surface area contributed by atoms with E-state index in [1.165, 1.54) is 20.7 Å². The monoisotopic (exact) mass is 476 g/mol. The highest BCUT2D eigenvalue weighted by Gasteiger charge is 2.64. The number of aromatic nitrogens is 4. The van der Waals surface area contributed by atoms with Gasteiger partial charge in [-0.3, -0.25) is 14.3 Å². The van der Waals surface area contributed by atoms with Gasteiger partial charge < -0.3 is 25.1 Å². The van der Waals surface area contributed by atoms with Crippen molar-refractivity contribution in [3.8, 4) is 6.07 Å². The van der Waals surface area contributed by atoms with Crippen LogP contribution in [0.5, 0.6) is 0 Å². The third-order valence-corrected chi connectivity index (χ3v) is 6.05. The van der Waals surface area contributed by atoms with E-state index in [9.17, 15) is 9.90 Å². The Hall–Kier alpha value is -2.59. The molecule has 1 saturated heterocycles. The molecule has 0 bridgehead atoms. The Labute approximate surface area is 194 Å². The summed E-state index contributed by atoms with van der Waals surface area (Å²) in [5.74, 6) is -0.0721. The Kier molecular flexibility index (Phi) is 6.56. The van der Waals surface area contributed by atoms with Gasteiger partial charge in [-0.25, -0.2) is 4.98 Å². The highest BCUT2D eigenvalue weighted by Crippen LogP contribution is 2.49. The number of nitrogens with zero attached hydrogens (tertiary/aromatic N) is 4. The zero-order valence-electron chi connectivity index (χ0n) is 19.9. The van der Waals surface area contributed by atoms with Crippen LogP contribution in [0.15, 0.2) is 11.1 Å². The highest BCUT2D eigenvalue weighted by molar-refractivity contribution is 6.36. The summed E-state index contributed by atoms with van der Waals surface area (Å²) in [6.07, 6.45) is -1.18. The highest BCUT2D eigenvalue weighted by atomic mass is 28.1. The smallest absolute Gasteiger partial charge is 0.280 e. The molecule has 0 aromatic carbocycles. The van der Waals surface area contributed by atoms with Crippen molar-refractivity contribution in [3.63, 3.8) is 0 Å². The normalized spacial score (nSPS) is 25.8. The first-order valence-corrected chi connectivity index (χ1v) is 11.4. The number of nitriles is 1. The Morgan fingerprint density at radius 2 is 2.09 bits per heavy atom. The number of aromatic amines is 1. The van der Waals surface area contributed by atoms with Gasteiger partial charge in [-0.2, -0.15) is 10.2 Å². The Bertz CT molecular complexity index is 1140. The maximum absolute atomic E-state index is 12.3. The molecule has 11 nitrogen and oxygen atoms in total. The summed E-state index contributed by atoms with van der Waals surface area (Å²) in [6.45, 7) is 11.5. The zero-order chi connectivity index (χ0) is 24.8. The summed E-state index contributed by atoms with van der Waals surface area (Å²) >= 11 is 0. The van der Waals surface area contributed by atoms with Gasteiger partial charge in [0.2, 0.25) is 5.95 Å². The molecule has 1 fully saturated rings. The fourth-order valence-electron chi connectivity index (χ4n) is 4.05.